The summed E-state index contributed by atoms with van der Waals surface area (Å²) >= 11 is 0. The van der Waals surface area contributed by atoms with E-state index >= 15 is 0 Å². The Kier molecular flexibility index (Phi) is 5.35. The molecule has 1 aromatic carbocycles. The lowest BCUT2D eigenvalue weighted by atomic mass is 9.95. The zero-order chi connectivity index (χ0) is 15.5. The van der Waals surface area contributed by atoms with Crippen LogP contribution in [0, 0.1) is 11.7 Å². The summed E-state index contributed by atoms with van der Waals surface area (Å²) in [6.07, 6.45) is 1.81. The Morgan fingerprint density at radius 3 is 2.71 bits per heavy atom. The largest absolute Gasteiger partial charge is 0.314 e. The van der Waals surface area contributed by atoms with Gasteiger partial charge in [-0.1, -0.05) is 26.0 Å². The molecule has 0 radical (unpaired) electrons. The molecule has 0 bridgehead atoms. The van der Waals surface area contributed by atoms with Crippen LogP contribution in [0.15, 0.2) is 29.2 Å². The van der Waals surface area contributed by atoms with E-state index < -0.39 is 15.8 Å². The number of hydrogen-bond acceptors (Lipinski definition) is 3. The molecule has 0 amide bonds. The van der Waals surface area contributed by atoms with Crippen LogP contribution in [-0.4, -0.2) is 38.4 Å². The van der Waals surface area contributed by atoms with Crippen LogP contribution >= 0.6 is 0 Å². The molecular formula is C15H23FN2O2S. The number of rotatable bonds is 5. The second-order valence-corrected chi connectivity index (χ2v) is 7.53. The predicted molar refractivity (Wildman–Crippen MR) is 81.0 cm³/mol. The van der Waals surface area contributed by atoms with Gasteiger partial charge in [0.25, 0.3) is 0 Å². The molecule has 1 fully saturated rings. The summed E-state index contributed by atoms with van der Waals surface area (Å²) in [5.41, 5.74) is 0. The zero-order valence-corrected chi connectivity index (χ0v) is 13.4. The van der Waals surface area contributed by atoms with Crippen molar-refractivity contribution in [3.8, 4) is 0 Å². The van der Waals surface area contributed by atoms with Gasteiger partial charge in [0.15, 0.2) is 0 Å². The topological polar surface area (TPSA) is 49.4 Å². The van der Waals surface area contributed by atoms with E-state index in [0.717, 1.165) is 19.4 Å². The van der Waals surface area contributed by atoms with Crippen molar-refractivity contribution in [2.75, 3.05) is 19.6 Å². The summed E-state index contributed by atoms with van der Waals surface area (Å²) in [4.78, 5) is -0.225. The van der Waals surface area contributed by atoms with E-state index in [2.05, 4.69) is 12.2 Å². The molecule has 1 saturated heterocycles. The highest BCUT2D eigenvalue weighted by Crippen LogP contribution is 2.25. The third-order valence-corrected chi connectivity index (χ3v) is 5.88. The van der Waals surface area contributed by atoms with E-state index in [9.17, 15) is 12.8 Å². The maximum Gasteiger partial charge on any atom is 0.245 e. The smallest absolute Gasteiger partial charge is 0.245 e. The number of nitrogens with one attached hydrogen (secondary N) is 1. The van der Waals surface area contributed by atoms with Crippen molar-refractivity contribution in [3.05, 3.63) is 30.1 Å². The molecule has 1 aliphatic rings. The van der Waals surface area contributed by atoms with Gasteiger partial charge in [-0.3, -0.25) is 0 Å². The molecule has 2 unspecified atom stereocenters. The lowest BCUT2D eigenvalue weighted by Gasteiger charge is -2.36. The van der Waals surface area contributed by atoms with Gasteiger partial charge in [-0.05, 0) is 37.4 Å². The standard InChI is InChI=1S/C15H23FN2O2S/c1-3-9-17-14-8-10-18(11-12(14)2)21(19,20)15-7-5-4-6-13(15)16/h4-7,12,14,17H,3,8-11H2,1-2H3. The third kappa shape index (κ3) is 3.62. The van der Waals surface area contributed by atoms with Gasteiger partial charge in [-0.15, -0.1) is 0 Å². The van der Waals surface area contributed by atoms with Gasteiger partial charge >= 0.3 is 0 Å². The van der Waals surface area contributed by atoms with Gasteiger partial charge in [0.05, 0.1) is 0 Å². The first-order valence-electron chi connectivity index (χ1n) is 7.45. The van der Waals surface area contributed by atoms with Gasteiger partial charge in [0, 0.05) is 19.1 Å². The molecular weight excluding hydrogens is 291 g/mol. The minimum absolute atomic E-state index is 0.215. The summed E-state index contributed by atoms with van der Waals surface area (Å²) in [5.74, 6) is -0.469. The minimum atomic E-state index is -3.74. The van der Waals surface area contributed by atoms with Crippen molar-refractivity contribution in [2.24, 2.45) is 5.92 Å². The van der Waals surface area contributed by atoms with Gasteiger partial charge in [0.2, 0.25) is 10.0 Å². The number of benzene rings is 1. The molecule has 0 aromatic heterocycles. The molecule has 4 nitrogen and oxygen atoms in total. The Balaban J connectivity index is 2.12. The lowest BCUT2D eigenvalue weighted by molar-refractivity contribution is 0.220. The van der Waals surface area contributed by atoms with Crippen LogP contribution in [-0.2, 0) is 10.0 Å². The zero-order valence-electron chi connectivity index (χ0n) is 12.5. The first-order chi connectivity index (χ1) is 9.96. The Morgan fingerprint density at radius 2 is 2.10 bits per heavy atom. The molecule has 21 heavy (non-hydrogen) atoms. The maximum atomic E-state index is 13.8. The first kappa shape index (κ1) is 16.4. The van der Waals surface area contributed by atoms with Gasteiger partial charge in [-0.2, -0.15) is 4.31 Å². The molecule has 1 heterocycles. The van der Waals surface area contributed by atoms with E-state index in [0.29, 0.717) is 19.1 Å². The lowest BCUT2D eigenvalue weighted by Crippen LogP contribution is -2.50. The fourth-order valence-corrected chi connectivity index (χ4v) is 4.37. The molecule has 2 atom stereocenters. The quantitative estimate of drug-likeness (QED) is 0.906. The summed E-state index contributed by atoms with van der Waals surface area (Å²) in [6, 6.07) is 5.90. The van der Waals surface area contributed by atoms with Crippen LogP contribution in [0.4, 0.5) is 4.39 Å². The highest BCUT2D eigenvalue weighted by atomic mass is 32.2. The van der Waals surface area contributed by atoms with Crippen LogP contribution in [0.5, 0.6) is 0 Å². The van der Waals surface area contributed by atoms with Crippen LogP contribution in [0.2, 0.25) is 0 Å². The molecule has 1 aromatic rings. The molecule has 118 valence electrons. The molecule has 0 saturated carbocycles. The fourth-order valence-electron chi connectivity index (χ4n) is 2.75. The summed E-state index contributed by atoms with van der Waals surface area (Å²) < 4.78 is 40.2. The van der Waals surface area contributed by atoms with Crippen LogP contribution < -0.4 is 5.32 Å². The Bertz CT molecular complexity index is 577. The van der Waals surface area contributed by atoms with Crippen LogP contribution in [0.25, 0.3) is 0 Å². The average molecular weight is 314 g/mol. The number of hydrogen-bond donors (Lipinski definition) is 1. The third-order valence-electron chi connectivity index (χ3n) is 3.98. The second-order valence-electron chi connectivity index (χ2n) is 5.62. The van der Waals surface area contributed by atoms with Crippen molar-refractivity contribution >= 4 is 10.0 Å². The number of sulfonamides is 1. The highest BCUT2D eigenvalue weighted by Gasteiger charge is 2.34. The van der Waals surface area contributed by atoms with E-state index in [-0.39, 0.29) is 10.8 Å². The molecule has 6 heteroatoms. The normalized spacial score (nSPS) is 24.1. The number of nitrogens with zero attached hydrogens (tertiary/aromatic N) is 1. The highest BCUT2D eigenvalue weighted by molar-refractivity contribution is 7.89. The maximum absolute atomic E-state index is 13.8. The van der Waals surface area contributed by atoms with Crippen molar-refractivity contribution in [1.29, 1.82) is 0 Å². The van der Waals surface area contributed by atoms with Crippen molar-refractivity contribution < 1.29 is 12.8 Å². The number of piperidine rings is 1. The molecule has 1 aliphatic heterocycles. The Labute approximate surface area is 126 Å². The van der Waals surface area contributed by atoms with E-state index in [1.54, 1.807) is 6.07 Å². The molecule has 0 aliphatic carbocycles. The molecule has 0 spiro atoms. The predicted octanol–water partition coefficient (Wildman–Crippen LogP) is 2.22. The van der Waals surface area contributed by atoms with Crippen molar-refractivity contribution in [2.45, 2.75) is 37.6 Å². The summed E-state index contributed by atoms with van der Waals surface area (Å²) in [6.45, 7) is 5.95. The molecule has 2 rings (SSSR count). The van der Waals surface area contributed by atoms with Crippen LogP contribution in [0.1, 0.15) is 26.7 Å². The van der Waals surface area contributed by atoms with Gasteiger partial charge in [0.1, 0.15) is 10.7 Å². The van der Waals surface area contributed by atoms with Crippen molar-refractivity contribution in [1.82, 2.24) is 9.62 Å². The van der Waals surface area contributed by atoms with E-state index in [4.69, 9.17) is 0 Å². The fraction of sp³-hybridized carbons (Fsp3) is 0.600. The SMILES string of the molecule is CCCNC1CCN(S(=O)(=O)c2ccccc2F)CC1C. The van der Waals surface area contributed by atoms with Gasteiger partial charge in [-0.25, -0.2) is 12.8 Å². The van der Waals surface area contributed by atoms with E-state index in [1.807, 2.05) is 6.92 Å². The average Bonchev–Trinajstić information content (AvgIpc) is 2.46. The Morgan fingerprint density at radius 1 is 1.38 bits per heavy atom. The van der Waals surface area contributed by atoms with Crippen molar-refractivity contribution in [3.63, 3.8) is 0 Å². The Hall–Kier alpha value is -0.980. The second kappa shape index (κ2) is 6.85. The van der Waals surface area contributed by atoms with Gasteiger partial charge < -0.3 is 5.32 Å². The van der Waals surface area contributed by atoms with E-state index in [1.165, 1.54) is 22.5 Å². The number of halogens is 1. The summed E-state index contributed by atoms with van der Waals surface area (Å²) in [7, 11) is -3.74. The first-order valence-corrected chi connectivity index (χ1v) is 8.89. The monoisotopic (exact) mass is 314 g/mol. The van der Waals surface area contributed by atoms with Crippen LogP contribution in [0.3, 0.4) is 0 Å². The molecule has 1 N–H and O–H groups in total. The minimum Gasteiger partial charge on any atom is -0.314 e. The summed E-state index contributed by atoms with van der Waals surface area (Å²) in [5, 5.41) is 3.45.